The van der Waals surface area contributed by atoms with E-state index in [1.54, 1.807) is 10.8 Å². The summed E-state index contributed by atoms with van der Waals surface area (Å²) in [6, 6.07) is 8.08. The number of rotatable bonds is 4. The normalized spacial score (nSPS) is 10.3. The molecule has 2 rings (SSSR count). The number of carbonyl (C=O) groups is 1. The summed E-state index contributed by atoms with van der Waals surface area (Å²) in [4.78, 5) is 11.9. The van der Waals surface area contributed by atoms with E-state index in [-0.39, 0.29) is 5.91 Å². The van der Waals surface area contributed by atoms with Crippen LogP contribution >= 0.6 is 0 Å². The van der Waals surface area contributed by atoms with Crippen LogP contribution in [0.2, 0.25) is 0 Å². The number of hydrogen-bond acceptors (Lipinski definition) is 2. The molecule has 20 heavy (non-hydrogen) atoms. The van der Waals surface area contributed by atoms with Gasteiger partial charge >= 0.3 is 0 Å². The predicted molar refractivity (Wildman–Crippen MR) is 80.6 cm³/mol. The van der Waals surface area contributed by atoms with Gasteiger partial charge in [-0.15, -0.1) is 6.58 Å². The lowest BCUT2D eigenvalue weighted by Gasteiger charge is -2.06. The van der Waals surface area contributed by atoms with E-state index in [4.69, 9.17) is 0 Å². The third-order valence-electron chi connectivity index (χ3n) is 3.19. The molecule has 1 aromatic heterocycles. The molecule has 0 radical (unpaired) electrons. The van der Waals surface area contributed by atoms with Gasteiger partial charge in [0.2, 0.25) is 0 Å². The Morgan fingerprint density at radius 1 is 1.40 bits per heavy atom. The molecule has 1 N–H and O–H groups in total. The molecule has 0 atom stereocenters. The summed E-state index contributed by atoms with van der Waals surface area (Å²) in [7, 11) is 1.85. The van der Waals surface area contributed by atoms with E-state index in [0.717, 1.165) is 16.8 Å². The summed E-state index contributed by atoms with van der Waals surface area (Å²) in [5, 5.41) is 7.01. The number of hydrogen-bond donors (Lipinski definition) is 1. The van der Waals surface area contributed by atoms with E-state index < -0.39 is 0 Å². The van der Waals surface area contributed by atoms with Gasteiger partial charge in [0.1, 0.15) is 0 Å². The lowest BCUT2D eigenvalue weighted by molar-refractivity contribution is 0.0952. The Bertz CT molecular complexity index is 656. The van der Waals surface area contributed by atoms with E-state index in [9.17, 15) is 4.79 Å². The third-order valence-corrected chi connectivity index (χ3v) is 3.19. The molecule has 0 saturated carbocycles. The molecule has 1 heterocycles. The highest BCUT2D eigenvalue weighted by Gasteiger charge is 2.14. The van der Waals surface area contributed by atoms with E-state index >= 15 is 0 Å². The molecule has 1 amide bonds. The molecule has 0 aliphatic rings. The highest BCUT2D eigenvalue weighted by atomic mass is 16.1. The van der Waals surface area contributed by atoms with Gasteiger partial charge in [0.05, 0.1) is 5.69 Å². The van der Waals surface area contributed by atoms with Crippen molar-refractivity contribution < 1.29 is 4.79 Å². The van der Waals surface area contributed by atoms with E-state index in [0.29, 0.717) is 12.2 Å². The Morgan fingerprint density at radius 2 is 2.15 bits per heavy atom. The Morgan fingerprint density at radius 3 is 2.85 bits per heavy atom. The highest BCUT2D eigenvalue weighted by molar-refractivity contribution is 5.93. The van der Waals surface area contributed by atoms with Crippen molar-refractivity contribution in [2.75, 3.05) is 6.54 Å². The van der Waals surface area contributed by atoms with Crippen LogP contribution in [0.1, 0.15) is 21.6 Å². The van der Waals surface area contributed by atoms with Gasteiger partial charge in [-0.25, -0.2) is 0 Å². The molecule has 0 fully saturated rings. The van der Waals surface area contributed by atoms with Crippen molar-refractivity contribution in [3.8, 4) is 11.3 Å². The molecular formula is C16H19N3O. The van der Waals surface area contributed by atoms with Crippen LogP contribution in [0.25, 0.3) is 11.3 Å². The van der Waals surface area contributed by atoms with Crippen LogP contribution in [0.5, 0.6) is 0 Å². The van der Waals surface area contributed by atoms with Gasteiger partial charge in [-0.3, -0.25) is 9.48 Å². The van der Waals surface area contributed by atoms with Gasteiger partial charge in [0.15, 0.2) is 5.69 Å². The average Bonchev–Trinajstić information content (AvgIpc) is 2.81. The van der Waals surface area contributed by atoms with Crippen LogP contribution in [0.4, 0.5) is 0 Å². The molecule has 2 aromatic rings. The zero-order valence-electron chi connectivity index (χ0n) is 12.1. The Kier molecular flexibility index (Phi) is 4.03. The van der Waals surface area contributed by atoms with Gasteiger partial charge in [-0.05, 0) is 31.5 Å². The van der Waals surface area contributed by atoms with Crippen molar-refractivity contribution in [2.45, 2.75) is 13.8 Å². The molecule has 1 aromatic carbocycles. The molecule has 0 saturated heterocycles. The lowest BCUT2D eigenvalue weighted by Crippen LogP contribution is -2.23. The molecule has 0 unspecified atom stereocenters. The molecule has 0 bridgehead atoms. The molecule has 4 heteroatoms. The van der Waals surface area contributed by atoms with Crippen molar-refractivity contribution in [2.24, 2.45) is 7.05 Å². The third kappa shape index (κ3) is 2.79. The van der Waals surface area contributed by atoms with Crippen molar-refractivity contribution in [1.29, 1.82) is 0 Å². The summed E-state index contributed by atoms with van der Waals surface area (Å²) >= 11 is 0. The van der Waals surface area contributed by atoms with E-state index in [2.05, 4.69) is 49.0 Å². The SMILES string of the molecule is C=CCNC(=O)c1cc(-c2cc(C)ccc2C)n(C)n1. The number of amides is 1. The van der Waals surface area contributed by atoms with Crippen molar-refractivity contribution >= 4 is 5.91 Å². The first-order chi connectivity index (χ1) is 9.52. The summed E-state index contributed by atoms with van der Waals surface area (Å²) < 4.78 is 1.74. The maximum atomic E-state index is 11.9. The monoisotopic (exact) mass is 269 g/mol. The maximum absolute atomic E-state index is 11.9. The van der Waals surface area contributed by atoms with Crippen molar-refractivity contribution in [3.63, 3.8) is 0 Å². The number of nitrogens with zero attached hydrogens (tertiary/aromatic N) is 2. The van der Waals surface area contributed by atoms with Crippen LogP contribution in [0.15, 0.2) is 36.9 Å². The average molecular weight is 269 g/mol. The smallest absolute Gasteiger partial charge is 0.272 e. The zero-order valence-corrected chi connectivity index (χ0v) is 12.1. The van der Waals surface area contributed by atoms with Crippen molar-refractivity contribution in [1.82, 2.24) is 15.1 Å². The van der Waals surface area contributed by atoms with Crippen LogP contribution in [0.3, 0.4) is 0 Å². The topological polar surface area (TPSA) is 46.9 Å². The molecule has 104 valence electrons. The fourth-order valence-corrected chi connectivity index (χ4v) is 2.10. The second-order valence-electron chi connectivity index (χ2n) is 4.86. The van der Waals surface area contributed by atoms with Gasteiger partial charge < -0.3 is 5.32 Å². The van der Waals surface area contributed by atoms with Crippen LogP contribution in [-0.2, 0) is 7.05 Å². The Labute approximate surface area is 119 Å². The second kappa shape index (κ2) is 5.74. The first-order valence-corrected chi connectivity index (χ1v) is 6.53. The van der Waals surface area contributed by atoms with Gasteiger partial charge in [-0.1, -0.05) is 23.8 Å². The fraction of sp³-hybridized carbons (Fsp3) is 0.250. The maximum Gasteiger partial charge on any atom is 0.272 e. The summed E-state index contributed by atoms with van der Waals surface area (Å²) in [5.74, 6) is -0.183. The summed E-state index contributed by atoms with van der Waals surface area (Å²) in [6.07, 6.45) is 1.65. The Hall–Kier alpha value is -2.36. The fourth-order valence-electron chi connectivity index (χ4n) is 2.10. The molecular weight excluding hydrogens is 250 g/mol. The summed E-state index contributed by atoms with van der Waals surface area (Å²) in [6.45, 7) is 8.12. The van der Waals surface area contributed by atoms with E-state index in [1.807, 2.05) is 13.1 Å². The number of aryl methyl sites for hydroxylation is 3. The molecule has 0 aliphatic carbocycles. The first kappa shape index (κ1) is 14.1. The standard InChI is InChI=1S/C16H19N3O/c1-5-8-17-16(20)14-10-15(19(4)18-14)13-9-11(2)6-7-12(13)3/h5-7,9-10H,1,8H2,2-4H3,(H,17,20). The van der Waals surface area contributed by atoms with Gasteiger partial charge in [0.25, 0.3) is 5.91 Å². The minimum Gasteiger partial charge on any atom is -0.347 e. The molecule has 4 nitrogen and oxygen atoms in total. The van der Waals surface area contributed by atoms with Crippen LogP contribution in [0, 0.1) is 13.8 Å². The lowest BCUT2D eigenvalue weighted by atomic mass is 10.0. The van der Waals surface area contributed by atoms with Crippen molar-refractivity contribution in [3.05, 3.63) is 53.7 Å². The second-order valence-corrected chi connectivity index (χ2v) is 4.86. The quantitative estimate of drug-likeness (QED) is 0.867. The summed E-state index contributed by atoms with van der Waals surface area (Å²) in [5.41, 5.74) is 4.81. The van der Waals surface area contributed by atoms with Gasteiger partial charge in [0, 0.05) is 19.2 Å². The minimum absolute atomic E-state index is 0.183. The minimum atomic E-state index is -0.183. The Balaban J connectivity index is 2.39. The first-order valence-electron chi connectivity index (χ1n) is 6.53. The predicted octanol–water partition coefficient (Wildman–Crippen LogP) is 2.62. The highest BCUT2D eigenvalue weighted by Crippen LogP contribution is 2.24. The largest absolute Gasteiger partial charge is 0.347 e. The molecule has 0 spiro atoms. The number of benzene rings is 1. The van der Waals surface area contributed by atoms with E-state index in [1.165, 1.54) is 5.56 Å². The van der Waals surface area contributed by atoms with Crippen LogP contribution in [-0.4, -0.2) is 22.2 Å². The zero-order chi connectivity index (χ0) is 14.7. The number of carbonyl (C=O) groups excluding carboxylic acids is 1. The van der Waals surface area contributed by atoms with Crippen LogP contribution < -0.4 is 5.32 Å². The van der Waals surface area contributed by atoms with Gasteiger partial charge in [-0.2, -0.15) is 5.10 Å². The number of nitrogens with one attached hydrogen (secondary N) is 1. The molecule has 0 aliphatic heterocycles. The number of aromatic nitrogens is 2.